The lowest BCUT2D eigenvalue weighted by atomic mass is 10.0. The van der Waals surface area contributed by atoms with E-state index in [2.05, 4.69) is 4.72 Å². The Morgan fingerprint density at radius 2 is 1.41 bits per heavy atom. The molecular weight excluding hydrogens is 374 g/mol. The van der Waals surface area contributed by atoms with E-state index in [1.165, 1.54) is 18.2 Å². The molecule has 0 saturated carbocycles. The number of anilines is 1. The average molecular weight is 388 g/mol. The van der Waals surface area contributed by atoms with Gasteiger partial charge in [0.1, 0.15) is 17.2 Å². The zero-order valence-electron chi connectivity index (χ0n) is 13.8. The van der Waals surface area contributed by atoms with Crippen molar-refractivity contribution < 1.29 is 22.0 Å². The molecule has 8 heteroatoms. The predicted molar refractivity (Wildman–Crippen MR) is 98.2 cm³/mol. The number of carbonyl (C=O) groups is 1. The molecule has 0 atom stereocenters. The van der Waals surface area contributed by atoms with Crippen LogP contribution in [-0.4, -0.2) is 14.3 Å². The van der Waals surface area contributed by atoms with Crippen LogP contribution in [0.5, 0.6) is 0 Å². The van der Waals surface area contributed by atoms with Gasteiger partial charge in [0.15, 0.2) is 0 Å². The third-order valence-corrected chi connectivity index (χ3v) is 4.61. The summed E-state index contributed by atoms with van der Waals surface area (Å²) in [6.07, 6.45) is 0. The number of amides is 1. The SMILES string of the molecule is O=C(NS(=O)(=O)Nc1ccccc1)c1c(F)ccc(-c2ccccc2)c1F. The van der Waals surface area contributed by atoms with Gasteiger partial charge in [-0.1, -0.05) is 48.5 Å². The van der Waals surface area contributed by atoms with Crippen molar-refractivity contribution in [1.29, 1.82) is 0 Å². The first-order valence-electron chi connectivity index (χ1n) is 7.81. The highest BCUT2D eigenvalue weighted by molar-refractivity contribution is 7.91. The second-order valence-electron chi connectivity index (χ2n) is 5.55. The molecule has 0 aliphatic carbocycles. The molecule has 0 radical (unpaired) electrons. The topological polar surface area (TPSA) is 75.3 Å². The maximum atomic E-state index is 14.8. The smallest absolute Gasteiger partial charge is 0.268 e. The van der Waals surface area contributed by atoms with E-state index >= 15 is 0 Å². The number of halogens is 2. The standard InChI is InChI=1S/C19H14F2N2O3S/c20-16-12-11-15(13-7-3-1-4-8-13)18(21)17(16)19(24)23-27(25,26)22-14-9-5-2-6-10-14/h1-12,22H,(H,23,24). The first-order chi connectivity index (χ1) is 12.9. The fourth-order valence-electron chi connectivity index (χ4n) is 2.46. The van der Waals surface area contributed by atoms with Gasteiger partial charge < -0.3 is 0 Å². The number of hydrogen-bond acceptors (Lipinski definition) is 3. The van der Waals surface area contributed by atoms with Crippen molar-refractivity contribution in [2.24, 2.45) is 0 Å². The molecule has 0 heterocycles. The highest BCUT2D eigenvalue weighted by Gasteiger charge is 2.24. The molecule has 0 bridgehead atoms. The lowest BCUT2D eigenvalue weighted by molar-refractivity contribution is 0.0973. The molecule has 5 nitrogen and oxygen atoms in total. The molecule has 0 spiro atoms. The minimum absolute atomic E-state index is 0.0180. The summed E-state index contributed by atoms with van der Waals surface area (Å²) in [6.45, 7) is 0. The van der Waals surface area contributed by atoms with Crippen LogP contribution in [0.3, 0.4) is 0 Å². The van der Waals surface area contributed by atoms with Crippen LogP contribution in [-0.2, 0) is 10.2 Å². The summed E-state index contributed by atoms with van der Waals surface area (Å²) in [6, 6.07) is 18.1. The molecule has 0 saturated heterocycles. The monoisotopic (exact) mass is 388 g/mol. The van der Waals surface area contributed by atoms with E-state index in [4.69, 9.17) is 0 Å². The fourth-order valence-corrected chi connectivity index (χ4v) is 3.30. The molecule has 2 N–H and O–H groups in total. The Labute approximate surface area is 154 Å². The third kappa shape index (κ3) is 4.29. The van der Waals surface area contributed by atoms with Gasteiger partial charge in [-0.25, -0.2) is 13.5 Å². The van der Waals surface area contributed by atoms with Crippen molar-refractivity contribution in [3.63, 3.8) is 0 Å². The number of rotatable bonds is 5. The summed E-state index contributed by atoms with van der Waals surface area (Å²) in [4.78, 5) is 12.3. The van der Waals surface area contributed by atoms with Crippen molar-refractivity contribution in [2.75, 3.05) is 4.72 Å². The van der Waals surface area contributed by atoms with Crippen LogP contribution in [0.15, 0.2) is 72.8 Å². The average Bonchev–Trinajstić information content (AvgIpc) is 2.62. The van der Waals surface area contributed by atoms with E-state index in [0.717, 1.165) is 6.07 Å². The molecular formula is C19H14F2N2O3S. The quantitative estimate of drug-likeness (QED) is 0.700. The number of para-hydroxylation sites is 1. The van der Waals surface area contributed by atoms with Crippen molar-refractivity contribution in [3.8, 4) is 11.1 Å². The lowest BCUT2D eigenvalue weighted by Gasteiger charge is -2.12. The van der Waals surface area contributed by atoms with Crippen LogP contribution in [0.4, 0.5) is 14.5 Å². The number of hydrogen-bond donors (Lipinski definition) is 2. The van der Waals surface area contributed by atoms with Gasteiger partial charge in [-0.2, -0.15) is 8.42 Å². The maximum absolute atomic E-state index is 14.8. The Balaban J connectivity index is 1.91. The van der Waals surface area contributed by atoms with Crippen molar-refractivity contribution in [2.45, 2.75) is 0 Å². The summed E-state index contributed by atoms with van der Waals surface area (Å²) in [5.41, 5.74) is -0.378. The van der Waals surface area contributed by atoms with E-state index in [1.54, 1.807) is 53.3 Å². The summed E-state index contributed by atoms with van der Waals surface area (Å²) in [5.74, 6) is -3.72. The van der Waals surface area contributed by atoms with Gasteiger partial charge in [-0.05, 0) is 29.8 Å². The van der Waals surface area contributed by atoms with Gasteiger partial charge in [0.2, 0.25) is 0 Å². The summed E-state index contributed by atoms with van der Waals surface area (Å²) in [5, 5.41) is 0. The van der Waals surface area contributed by atoms with Crippen LogP contribution < -0.4 is 9.44 Å². The summed E-state index contributed by atoms with van der Waals surface area (Å²) >= 11 is 0. The molecule has 0 aliphatic heterocycles. The van der Waals surface area contributed by atoms with Gasteiger partial charge in [-0.15, -0.1) is 0 Å². The van der Waals surface area contributed by atoms with E-state index in [0.29, 0.717) is 5.56 Å². The van der Waals surface area contributed by atoms with Crippen molar-refractivity contribution >= 4 is 21.8 Å². The van der Waals surface area contributed by atoms with Gasteiger partial charge in [0.05, 0.1) is 5.69 Å². The Hall–Kier alpha value is -3.26. The summed E-state index contributed by atoms with van der Waals surface area (Å²) in [7, 11) is -4.38. The molecule has 0 fully saturated rings. The van der Waals surface area contributed by atoms with Gasteiger partial charge in [0, 0.05) is 5.56 Å². The number of nitrogens with one attached hydrogen (secondary N) is 2. The zero-order chi connectivity index (χ0) is 19.4. The summed E-state index contributed by atoms with van der Waals surface area (Å²) < 4.78 is 56.7. The van der Waals surface area contributed by atoms with Crippen LogP contribution in [0.25, 0.3) is 11.1 Å². The van der Waals surface area contributed by atoms with E-state index in [-0.39, 0.29) is 11.3 Å². The first kappa shape index (κ1) is 18.5. The van der Waals surface area contributed by atoms with E-state index < -0.39 is 33.3 Å². The first-order valence-corrected chi connectivity index (χ1v) is 9.29. The highest BCUT2D eigenvalue weighted by atomic mass is 32.2. The Kier molecular flexibility index (Phi) is 5.18. The lowest BCUT2D eigenvalue weighted by Crippen LogP contribution is -2.36. The minimum atomic E-state index is -4.38. The molecule has 138 valence electrons. The van der Waals surface area contributed by atoms with Gasteiger partial charge in [-0.3, -0.25) is 9.52 Å². The van der Waals surface area contributed by atoms with Crippen LogP contribution in [0.2, 0.25) is 0 Å². The Bertz CT molecular complexity index is 1070. The van der Waals surface area contributed by atoms with Crippen LogP contribution >= 0.6 is 0 Å². The Morgan fingerprint density at radius 1 is 0.815 bits per heavy atom. The molecule has 3 rings (SSSR count). The number of carbonyl (C=O) groups excluding carboxylic acids is 1. The molecule has 1 amide bonds. The second-order valence-corrected chi connectivity index (χ2v) is 6.97. The van der Waals surface area contributed by atoms with Gasteiger partial charge >= 0.3 is 10.2 Å². The molecule has 3 aromatic carbocycles. The second kappa shape index (κ2) is 7.55. The Morgan fingerprint density at radius 3 is 2.04 bits per heavy atom. The molecule has 0 unspecified atom stereocenters. The van der Waals surface area contributed by atoms with Gasteiger partial charge in [0.25, 0.3) is 5.91 Å². The molecule has 3 aromatic rings. The van der Waals surface area contributed by atoms with E-state index in [1.807, 2.05) is 0 Å². The molecule has 27 heavy (non-hydrogen) atoms. The normalized spacial score (nSPS) is 11.0. The van der Waals surface area contributed by atoms with Crippen molar-refractivity contribution in [3.05, 3.63) is 90.0 Å². The van der Waals surface area contributed by atoms with Crippen LogP contribution in [0.1, 0.15) is 10.4 Å². The fraction of sp³-hybridized carbons (Fsp3) is 0. The largest absolute Gasteiger partial charge is 0.323 e. The van der Waals surface area contributed by atoms with E-state index in [9.17, 15) is 22.0 Å². The molecule has 0 aliphatic rings. The minimum Gasteiger partial charge on any atom is -0.268 e. The molecule has 0 aromatic heterocycles. The number of benzene rings is 3. The maximum Gasteiger partial charge on any atom is 0.323 e. The predicted octanol–water partition coefficient (Wildman–Crippen LogP) is 3.72. The van der Waals surface area contributed by atoms with Crippen molar-refractivity contribution in [1.82, 2.24) is 4.72 Å². The highest BCUT2D eigenvalue weighted by Crippen LogP contribution is 2.26. The zero-order valence-corrected chi connectivity index (χ0v) is 14.6. The van der Waals surface area contributed by atoms with Crippen LogP contribution in [0, 0.1) is 11.6 Å². The third-order valence-electron chi connectivity index (χ3n) is 3.66.